The maximum Gasteiger partial charge on any atom is 0.251 e. The first kappa shape index (κ1) is 25.0. The molecule has 186 valence electrons. The summed E-state index contributed by atoms with van der Waals surface area (Å²) in [6.45, 7) is 5.94. The molecule has 4 rings (SSSR count). The van der Waals surface area contributed by atoms with Crippen LogP contribution in [0.2, 0.25) is 0 Å². The lowest BCUT2D eigenvalue weighted by molar-refractivity contribution is 0.0964. The Morgan fingerprint density at radius 3 is 2.47 bits per heavy atom. The number of amides is 1. The van der Waals surface area contributed by atoms with Crippen LogP contribution in [0, 0.1) is 11.6 Å². The summed E-state index contributed by atoms with van der Waals surface area (Å²) in [5, 5.41) is 6.70. The fourth-order valence-corrected chi connectivity index (χ4v) is 3.96. The lowest BCUT2D eigenvalue weighted by Gasteiger charge is -2.16. The molecule has 0 spiro atoms. The third-order valence-corrected chi connectivity index (χ3v) is 5.71. The minimum atomic E-state index is -0.792. The SMILES string of the molecule is CNC(=O)c1ccnc2c([C@H](C)CNc3cc(-c4cc(F)c(OC(C)C)c(F)c4)ncn3)cccc12. The third kappa shape index (κ3) is 5.25. The van der Waals surface area contributed by atoms with Crippen LogP contribution in [0.5, 0.6) is 5.75 Å². The van der Waals surface area contributed by atoms with Crippen molar-refractivity contribution in [2.45, 2.75) is 32.8 Å². The Bertz CT molecular complexity index is 1390. The molecule has 0 aliphatic rings. The Kier molecular flexibility index (Phi) is 7.38. The Morgan fingerprint density at radius 2 is 1.78 bits per heavy atom. The first-order valence-corrected chi connectivity index (χ1v) is 11.6. The predicted molar refractivity (Wildman–Crippen MR) is 135 cm³/mol. The van der Waals surface area contributed by atoms with E-state index in [1.165, 1.54) is 18.5 Å². The molecule has 1 atom stereocenters. The number of fused-ring (bicyclic) bond motifs is 1. The Hall–Kier alpha value is -4.14. The molecule has 2 aromatic carbocycles. The maximum atomic E-state index is 14.5. The second-order valence-electron chi connectivity index (χ2n) is 8.69. The number of para-hydroxylation sites is 1. The van der Waals surface area contributed by atoms with E-state index in [4.69, 9.17) is 4.74 Å². The highest BCUT2D eigenvalue weighted by molar-refractivity contribution is 6.06. The molecule has 2 heterocycles. The van der Waals surface area contributed by atoms with Crippen molar-refractivity contribution < 1.29 is 18.3 Å². The highest BCUT2D eigenvalue weighted by Gasteiger charge is 2.17. The summed E-state index contributed by atoms with van der Waals surface area (Å²) < 4.78 is 34.2. The van der Waals surface area contributed by atoms with Crippen molar-refractivity contribution in [3.63, 3.8) is 0 Å². The van der Waals surface area contributed by atoms with Crippen molar-refractivity contribution >= 4 is 22.6 Å². The highest BCUT2D eigenvalue weighted by Crippen LogP contribution is 2.30. The van der Waals surface area contributed by atoms with Gasteiger partial charge in [-0.3, -0.25) is 9.78 Å². The number of hydrogen-bond donors (Lipinski definition) is 2. The van der Waals surface area contributed by atoms with E-state index in [1.807, 2.05) is 25.1 Å². The number of halogens is 2. The highest BCUT2D eigenvalue weighted by atomic mass is 19.1. The van der Waals surface area contributed by atoms with Gasteiger partial charge >= 0.3 is 0 Å². The van der Waals surface area contributed by atoms with E-state index >= 15 is 0 Å². The van der Waals surface area contributed by atoms with Crippen LogP contribution in [0.3, 0.4) is 0 Å². The number of carbonyl (C=O) groups is 1. The topological polar surface area (TPSA) is 89.0 Å². The summed E-state index contributed by atoms with van der Waals surface area (Å²) in [5.74, 6) is -1.63. The fraction of sp³-hybridized carbons (Fsp3) is 0.259. The molecule has 0 fully saturated rings. The Balaban J connectivity index is 1.55. The van der Waals surface area contributed by atoms with Crippen molar-refractivity contribution in [3.05, 3.63) is 77.8 Å². The van der Waals surface area contributed by atoms with Gasteiger partial charge in [0.15, 0.2) is 17.4 Å². The molecule has 0 saturated heterocycles. The quantitative estimate of drug-likeness (QED) is 0.346. The molecule has 2 aromatic heterocycles. The van der Waals surface area contributed by atoms with E-state index in [1.54, 1.807) is 39.2 Å². The number of pyridine rings is 1. The van der Waals surface area contributed by atoms with Gasteiger partial charge in [0.25, 0.3) is 5.91 Å². The summed E-state index contributed by atoms with van der Waals surface area (Å²) >= 11 is 0. The lowest BCUT2D eigenvalue weighted by atomic mass is 9.96. The fourth-order valence-electron chi connectivity index (χ4n) is 3.96. The Morgan fingerprint density at radius 1 is 1.03 bits per heavy atom. The average Bonchev–Trinajstić information content (AvgIpc) is 2.88. The second-order valence-corrected chi connectivity index (χ2v) is 8.69. The standard InChI is InChI=1S/C27H27F2N5O2/c1-15(2)36-26-21(28)10-17(11-22(26)29)23-12-24(34-14-33-23)32-13-16(3)18-6-5-7-19-20(27(35)30-4)8-9-31-25(18)19/h5-12,14-16H,13H2,1-4H3,(H,30,35)(H,32,33,34)/t16-/m1/s1. The van der Waals surface area contributed by atoms with Crippen LogP contribution < -0.4 is 15.4 Å². The van der Waals surface area contributed by atoms with Crippen LogP contribution in [0.4, 0.5) is 14.6 Å². The van der Waals surface area contributed by atoms with Crippen LogP contribution in [0.25, 0.3) is 22.2 Å². The lowest BCUT2D eigenvalue weighted by Crippen LogP contribution is -2.18. The van der Waals surface area contributed by atoms with Gasteiger partial charge in [0.2, 0.25) is 0 Å². The van der Waals surface area contributed by atoms with Crippen LogP contribution in [0.1, 0.15) is 42.6 Å². The Labute approximate surface area is 208 Å². The molecule has 2 N–H and O–H groups in total. The molecular weight excluding hydrogens is 464 g/mol. The van der Waals surface area contributed by atoms with E-state index in [9.17, 15) is 13.6 Å². The van der Waals surface area contributed by atoms with Gasteiger partial charge in [-0.25, -0.2) is 18.7 Å². The molecule has 4 aromatic rings. The summed E-state index contributed by atoms with van der Waals surface area (Å²) in [7, 11) is 1.59. The van der Waals surface area contributed by atoms with Crippen molar-refractivity contribution in [3.8, 4) is 17.0 Å². The molecule has 9 heteroatoms. The zero-order valence-corrected chi connectivity index (χ0v) is 20.5. The van der Waals surface area contributed by atoms with Crippen LogP contribution in [-0.2, 0) is 0 Å². The summed E-state index contributed by atoms with van der Waals surface area (Å²) in [6, 6.07) is 11.5. The molecule has 7 nitrogen and oxygen atoms in total. The van der Waals surface area contributed by atoms with Gasteiger partial charge < -0.3 is 15.4 Å². The van der Waals surface area contributed by atoms with E-state index < -0.39 is 17.4 Å². The average molecular weight is 492 g/mol. The summed E-state index contributed by atoms with van der Waals surface area (Å²) in [6.07, 6.45) is 2.61. The zero-order chi connectivity index (χ0) is 25.8. The van der Waals surface area contributed by atoms with Gasteiger partial charge in [-0.05, 0) is 37.6 Å². The minimum absolute atomic E-state index is 0.0157. The number of ether oxygens (including phenoxy) is 1. The van der Waals surface area contributed by atoms with Crippen molar-refractivity contribution in [2.75, 3.05) is 18.9 Å². The predicted octanol–water partition coefficient (Wildman–Crippen LogP) is 5.33. The number of nitrogens with one attached hydrogen (secondary N) is 2. The van der Waals surface area contributed by atoms with Gasteiger partial charge in [-0.2, -0.15) is 0 Å². The van der Waals surface area contributed by atoms with Crippen molar-refractivity contribution in [1.82, 2.24) is 20.3 Å². The van der Waals surface area contributed by atoms with E-state index in [2.05, 4.69) is 25.6 Å². The minimum Gasteiger partial charge on any atom is -0.485 e. The molecule has 0 saturated carbocycles. The molecular formula is C27H27F2N5O2. The monoisotopic (exact) mass is 491 g/mol. The number of nitrogens with zero attached hydrogens (tertiary/aromatic N) is 3. The van der Waals surface area contributed by atoms with Crippen LogP contribution >= 0.6 is 0 Å². The van der Waals surface area contributed by atoms with Crippen molar-refractivity contribution in [2.24, 2.45) is 0 Å². The van der Waals surface area contributed by atoms with Gasteiger partial charge in [-0.15, -0.1) is 0 Å². The number of benzene rings is 2. The number of anilines is 1. The van der Waals surface area contributed by atoms with E-state index in [-0.39, 0.29) is 23.5 Å². The first-order chi connectivity index (χ1) is 17.3. The van der Waals surface area contributed by atoms with Crippen LogP contribution in [-0.4, -0.2) is 40.6 Å². The van der Waals surface area contributed by atoms with Gasteiger partial charge in [-0.1, -0.05) is 25.1 Å². The van der Waals surface area contributed by atoms with Gasteiger partial charge in [0.05, 0.1) is 22.9 Å². The molecule has 0 unspecified atom stereocenters. The van der Waals surface area contributed by atoms with E-state index in [0.29, 0.717) is 23.6 Å². The summed E-state index contributed by atoms with van der Waals surface area (Å²) in [4.78, 5) is 25.2. The maximum absolute atomic E-state index is 14.5. The molecule has 36 heavy (non-hydrogen) atoms. The molecule has 1 amide bonds. The van der Waals surface area contributed by atoms with Gasteiger partial charge in [0, 0.05) is 42.7 Å². The third-order valence-electron chi connectivity index (χ3n) is 5.71. The van der Waals surface area contributed by atoms with Crippen molar-refractivity contribution in [1.29, 1.82) is 0 Å². The number of carbonyl (C=O) groups excluding carboxylic acids is 1. The second kappa shape index (κ2) is 10.6. The van der Waals surface area contributed by atoms with E-state index in [0.717, 1.165) is 16.5 Å². The first-order valence-electron chi connectivity index (χ1n) is 11.6. The van der Waals surface area contributed by atoms with Gasteiger partial charge in [0.1, 0.15) is 12.1 Å². The largest absolute Gasteiger partial charge is 0.485 e. The summed E-state index contributed by atoms with van der Waals surface area (Å²) in [5.41, 5.74) is 2.95. The molecule has 0 aliphatic carbocycles. The zero-order valence-electron chi connectivity index (χ0n) is 20.5. The number of hydrogen-bond acceptors (Lipinski definition) is 6. The number of aromatic nitrogens is 3. The normalized spacial score (nSPS) is 12.0. The molecule has 0 bridgehead atoms. The molecule has 0 radical (unpaired) electrons. The number of rotatable bonds is 8. The smallest absolute Gasteiger partial charge is 0.251 e. The molecule has 0 aliphatic heterocycles. The van der Waals surface area contributed by atoms with Crippen LogP contribution in [0.15, 0.2) is 55.0 Å².